The van der Waals surface area contributed by atoms with Crippen LogP contribution in [0.1, 0.15) is 29.2 Å². The topological polar surface area (TPSA) is 46.0 Å². The van der Waals surface area contributed by atoms with E-state index in [9.17, 15) is 5.11 Å². The molecule has 0 saturated carbocycles. The van der Waals surface area contributed by atoms with Gasteiger partial charge in [-0.1, -0.05) is 0 Å². The molecule has 0 amide bonds. The summed E-state index contributed by atoms with van der Waals surface area (Å²) in [4.78, 5) is 8.02. The zero-order chi connectivity index (χ0) is 12.1. The molecule has 3 nitrogen and oxygen atoms in total. The summed E-state index contributed by atoms with van der Waals surface area (Å²) in [5.74, 6) is 0. The van der Waals surface area contributed by atoms with Crippen molar-refractivity contribution in [2.75, 3.05) is 0 Å². The first-order chi connectivity index (χ1) is 8.27. The van der Waals surface area contributed by atoms with Gasteiger partial charge in [0.2, 0.25) is 0 Å². The first-order valence-corrected chi connectivity index (χ1v) is 5.75. The third-order valence-electron chi connectivity index (χ3n) is 2.89. The van der Waals surface area contributed by atoms with Crippen LogP contribution in [0.5, 0.6) is 0 Å². The van der Waals surface area contributed by atoms with E-state index in [0.29, 0.717) is 6.42 Å². The van der Waals surface area contributed by atoms with Crippen LogP contribution in [0.4, 0.5) is 0 Å². The molecule has 0 bridgehead atoms. The van der Waals surface area contributed by atoms with Crippen LogP contribution in [0.25, 0.3) is 0 Å². The molecular weight excluding hydrogens is 212 g/mol. The van der Waals surface area contributed by atoms with E-state index in [1.165, 1.54) is 5.56 Å². The van der Waals surface area contributed by atoms with E-state index >= 15 is 0 Å². The van der Waals surface area contributed by atoms with Gasteiger partial charge in [-0.25, -0.2) is 0 Å². The molecule has 3 heteroatoms. The molecule has 88 valence electrons. The molecule has 1 N–H and O–H groups in total. The average molecular weight is 228 g/mol. The number of hydrogen-bond acceptors (Lipinski definition) is 3. The Morgan fingerprint density at radius 3 is 2.53 bits per heavy atom. The lowest BCUT2D eigenvalue weighted by Gasteiger charge is -2.12. The fourth-order valence-electron chi connectivity index (χ4n) is 1.83. The van der Waals surface area contributed by atoms with Gasteiger partial charge >= 0.3 is 0 Å². The van der Waals surface area contributed by atoms with E-state index in [1.807, 2.05) is 25.1 Å². The van der Waals surface area contributed by atoms with Gasteiger partial charge in [0.25, 0.3) is 0 Å². The Labute approximate surface area is 101 Å². The number of nitrogens with zero attached hydrogens (tertiary/aromatic N) is 2. The van der Waals surface area contributed by atoms with Crippen molar-refractivity contribution in [3.05, 3.63) is 59.7 Å². The van der Waals surface area contributed by atoms with Crippen molar-refractivity contribution in [2.45, 2.75) is 25.9 Å². The number of rotatable bonds is 4. The largest absolute Gasteiger partial charge is 0.388 e. The summed E-state index contributed by atoms with van der Waals surface area (Å²) in [5.41, 5.74) is 3.20. The first kappa shape index (κ1) is 11.7. The molecule has 0 spiro atoms. The van der Waals surface area contributed by atoms with Crippen molar-refractivity contribution in [3.8, 4) is 0 Å². The van der Waals surface area contributed by atoms with E-state index in [1.54, 1.807) is 24.8 Å². The highest BCUT2D eigenvalue weighted by atomic mass is 16.3. The van der Waals surface area contributed by atoms with Crippen molar-refractivity contribution >= 4 is 0 Å². The molecule has 0 saturated heterocycles. The molecule has 17 heavy (non-hydrogen) atoms. The lowest BCUT2D eigenvalue weighted by Crippen LogP contribution is -2.02. The Bertz CT molecular complexity index is 471. The summed E-state index contributed by atoms with van der Waals surface area (Å²) in [6.07, 6.45) is 8.14. The van der Waals surface area contributed by atoms with Gasteiger partial charge in [0.15, 0.2) is 0 Å². The van der Waals surface area contributed by atoms with Crippen LogP contribution in [0, 0.1) is 6.92 Å². The zero-order valence-corrected chi connectivity index (χ0v) is 9.87. The average Bonchev–Trinajstić information content (AvgIpc) is 2.38. The maximum absolute atomic E-state index is 10.1. The number of aliphatic hydroxyl groups is 1. The predicted molar refractivity (Wildman–Crippen MR) is 66.5 cm³/mol. The molecule has 0 aromatic carbocycles. The SMILES string of the molecule is Cc1ccncc1C(O)CCc1ccncc1. The normalized spacial score (nSPS) is 12.4. The number of aliphatic hydroxyl groups excluding tert-OH is 1. The minimum absolute atomic E-state index is 0.447. The Balaban J connectivity index is 1.99. The van der Waals surface area contributed by atoms with Gasteiger partial charge in [-0.2, -0.15) is 0 Å². The van der Waals surface area contributed by atoms with Gasteiger partial charge in [0, 0.05) is 30.4 Å². The molecular formula is C14H16N2O. The molecule has 1 unspecified atom stereocenters. The van der Waals surface area contributed by atoms with E-state index in [-0.39, 0.29) is 0 Å². The van der Waals surface area contributed by atoms with Crippen molar-refractivity contribution in [1.82, 2.24) is 9.97 Å². The Hall–Kier alpha value is -1.74. The minimum Gasteiger partial charge on any atom is -0.388 e. The fraction of sp³-hybridized carbons (Fsp3) is 0.286. The van der Waals surface area contributed by atoms with Crippen LogP contribution in [0.2, 0.25) is 0 Å². The highest BCUT2D eigenvalue weighted by Gasteiger charge is 2.10. The van der Waals surface area contributed by atoms with E-state index in [4.69, 9.17) is 0 Å². The lowest BCUT2D eigenvalue weighted by molar-refractivity contribution is 0.166. The first-order valence-electron chi connectivity index (χ1n) is 5.75. The third kappa shape index (κ3) is 3.11. The van der Waals surface area contributed by atoms with Crippen molar-refractivity contribution in [3.63, 3.8) is 0 Å². The Morgan fingerprint density at radius 2 is 1.82 bits per heavy atom. The number of pyridine rings is 2. The van der Waals surface area contributed by atoms with Crippen LogP contribution in [0.15, 0.2) is 43.0 Å². The van der Waals surface area contributed by atoms with Gasteiger partial charge in [-0.3, -0.25) is 9.97 Å². The number of aromatic nitrogens is 2. The van der Waals surface area contributed by atoms with Crippen LogP contribution in [0.3, 0.4) is 0 Å². The molecule has 2 heterocycles. The fourth-order valence-corrected chi connectivity index (χ4v) is 1.83. The second kappa shape index (κ2) is 5.55. The van der Waals surface area contributed by atoms with Crippen LogP contribution in [-0.4, -0.2) is 15.1 Å². The standard InChI is InChI=1S/C14H16N2O/c1-11-4-7-16-10-13(11)14(17)3-2-12-5-8-15-9-6-12/h4-10,14,17H,2-3H2,1H3. The predicted octanol–water partition coefficient (Wildman–Crippen LogP) is 2.45. The van der Waals surface area contributed by atoms with E-state index in [2.05, 4.69) is 9.97 Å². The number of hydrogen-bond donors (Lipinski definition) is 1. The highest BCUT2D eigenvalue weighted by molar-refractivity contribution is 5.24. The van der Waals surface area contributed by atoms with Gasteiger partial charge < -0.3 is 5.11 Å². The van der Waals surface area contributed by atoms with Crippen LogP contribution >= 0.6 is 0 Å². The van der Waals surface area contributed by atoms with Crippen molar-refractivity contribution in [2.24, 2.45) is 0 Å². The van der Waals surface area contributed by atoms with Crippen molar-refractivity contribution < 1.29 is 5.11 Å². The third-order valence-corrected chi connectivity index (χ3v) is 2.89. The minimum atomic E-state index is -0.447. The molecule has 2 aromatic rings. The highest BCUT2D eigenvalue weighted by Crippen LogP contribution is 2.20. The Morgan fingerprint density at radius 1 is 1.12 bits per heavy atom. The lowest BCUT2D eigenvalue weighted by atomic mass is 10.0. The quantitative estimate of drug-likeness (QED) is 0.874. The van der Waals surface area contributed by atoms with E-state index in [0.717, 1.165) is 17.5 Å². The molecule has 2 aromatic heterocycles. The summed E-state index contributed by atoms with van der Waals surface area (Å²) in [5, 5.41) is 10.1. The monoisotopic (exact) mass is 228 g/mol. The zero-order valence-electron chi connectivity index (χ0n) is 9.87. The maximum Gasteiger partial charge on any atom is 0.0810 e. The van der Waals surface area contributed by atoms with Crippen LogP contribution < -0.4 is 0 Å². The summed E-state index contributed by atoms with van der Waals surface area (Å²) in [7, 11) is 0. The Kier molecular flexibility index (Phi) is 3.83. The number of aryl methyl sites for hydroxylation is 2. The molecule has 0 aliphatic rings. The van der Waals surface area contributed by atoms with E-state index < -0.39 is 6.10 Å². The smallest absolute Gasteiger partial charge is 0.0810 e. The summed E-state index contributed by atoms with van der Waals surface area (Å²) in [6, 6.07) is 5.87. The maximum atomic E-state index is 10.1. The molecule has 0 aliphatic carbocycles. The second-order valence-corrected chi connectivity index (χ2v) is 4.14. The molecule has 0 aliphatic heterocycles. The summed E-state index contributed by atoms with van der Waals surface area (Å²) >= 11 is 0. The summed E-state index contributed by atoms with van der Waals surface area (Å²) < 4.78 is 0. The van der Waals surface area contributed by atoms with Gasteiger partial charge in [-0.15, -0.1) is 0 Å². The molecule has 1 atom stereocenters. The molecule has 2 rings (SSSR count). The van der Waals surface area contributed by atoms with Gasteiger partial charge in [0.1, 0.15) is 0 Å². The molecule has 0 radical (unpaired) electrons. The van der Waals surface area contributed by atoms with Crippen molar-refractivity contribution in [1.29, 1.82) is 0 Å². The second-order valence-electron chi connectivity index (χ2n) is 4.14. The van der Waals surface area contributed by atoms with Gasteiger partial charge in [0.05, 0.1) is 6.10 Å². The van der Waals surface area contributed by atoms with Crippen LogP contribution in [-0.2, 0) is 6.42 Å². The summed E-state index contributed by atoms with van der Waals surface area (Å²) in [6.45, 7) is 1.99. The molecule has 0 fully saturated rings. The van der Waals surface area contributed by atoms with Gasteiger partial charge in [-0.05, 0) is 49.1 Å².